The third kappa shape index (κ3) is 10.7. The summed E-state index contributed by atoms with van der Waals surface area (Å²) in [5.41, 5.74) is 2.24. The van der Waals surface area contributed by atoms with E-state index in [2.05, 4.69) is 54.6 Å². The first-order valence-electron chi connectivity index (χ1n) is 9.78. The first kappa shape index (κ1) is 26.5. The molecule has 2 N–H and O–H groups in total. The summed E-state index contributed by atoms with van der Waals surface area (Å²) in [6.45, 7) is 11.0. The Balaban J connectivity index is 0.00000729. The van der Waals surface area contributed by atoms with E-state index < -0.39 is 0 Å². The van der Waals surface area contributed by atoms with Crippen LogP contribution >= 0.6 is 24.0 Å². The molecule has 0 saturated heterocycles. The average molecular weight is 504 g/mol. The summed E-state index contributed by atoms with van der Waals surface area (Å²) < 4.78 is 6.00. The summed E-state index contributed by atoms with van der Waals surface area (Å²) in [6, 6.07) is 6.22. The Hall–Kier alpha value is -1.51. The standard InChI is InChI=1S/C21H36N4O2.HI/c1-7-22-21(23-12-10-20(26)25(5)6)24-15-18-9-8-17(4)14-19(18)27-13-11-16(2)3;/h8-9,14,16H,7,10-13,15H2,1-6H3,(H2,22,23,24);1H. The first-order chi connectivity index (χ1) is 12.8. The Morgan fingerprint density at radius 3 is 2.57 bits per heavy atom. The van der Waals surface area contributed by atoms with E-state index in [-0.39, 0.29) is 29.9 Å². The molecule has 0 unspecified atom stereocenters. The largest absolute Gasteiger partial charge is 0.493 e. The van der Waals surface area contributed by atoms with E-state index in [9.17, 15) is 4.79 Å². The van der Waals surface area contributed by atoms with Crippen molar-refractivity contribution in [2.24, 2.45) is 10.9 Å². The average Bonchev–Trinajstić information content (AvgIpc) is 2.60. The summed E-state index contributed by atoms with van der Waals surface area (Å²) in [5, 5.41) is 6.43. The van der Waals surface area contributed by atoms with Gasteiger partial charge in [0.2, 0.25) is 5.91 Å². The van der Waals surface area contributed by atoms with Gasteiger partial charge in [0.15, 0.2) is 5.96 Å². The van der Waals surface area contributed by atoms with E-state index in [1.165, 1.54) is 5.56 Å². The fourth-order valence-electron chi connectivity index (χ4n) is 2.35. The van der Waals surface area contributed by atoms with Crippen LogP contribution in [0.1, 0.15) is 44.7 Å². The van der Waals surface area contributed by atoms with E-state index in [4.69, 9.17) is 4.74 Å². The molecule has 0 aliphatic carbocycles. The monoisotopic (exact) mass is 504 g/mol. The Kier molecular flexibility index (Phi) is 13.7. The molecule has 0 aromatic heterocycles. The molecule has 160 valence electrons. The van der Waals surface area contributed by atoms with Crippen molar-refractivity contribution in [1.29, 1.82) is 0 Å². The molecule has 0 radical (unpaired) electrons. The number of amides is 1. The molecule has 0 aliphatic rings. The second-order valence-corrected chi connectivity index (χ2v) is 7.30. The minimum absolute atomic E-state index is 0. The van der Waals surface area contributed by atoms with Crippen LogP contribution in [-0.2, 0) is 11.3 Å². The van der Waals surface area contributed by atoms with Gasteiger partial charge in [-0.1, -0.05) is 26.0 Å². The van der Waals surface area contributed by atoms with E-state index in [0.29, 0.717) is 38.0 Å². The quantitative estimate of drug-likeness (QED) is 0.291. The zero-order valence-corrected chi connectivity index (χ0v) is 20.5. The van der Waals surface area contributed by atoms with Gasteiger partial charge >= 0.3 is 0 Å². The highest BCUT2D eigenvalue weighted by atomic mass is 127. The maximum absolute atomic E-state index is 11.7. The van der Waals surface area contributed by atoms with Crippen LogP contribution in [0.4, 0.5) is 0 Å². The van der Waals surface area contributed by atoms with Gasteiger partial charge in [0, 0.05) is 39.2 Å². The SMILES string of the molecule is CCNC(=NCc1ccc(C)cc1OCCC(C)C)NCCC(=O)N(C)C.I. The summed E-state index contributed by atoms with van der Waals surface area (Å²) in [4.78, 5) is 17.9. The lowest BCUT2D eigenvalue weighted by Gasteiger charge is -2.15. The normalized spacial score (nSPS) is 11.0. The lowest BCUT2D eigenvalue weighted by atomic mass is 10.1. The maximum Gasteiger partial charge on any atom is 0.223 e. The van der Waals surface area contributed by atoms with Crippen molar-refractivity contribution in [3.05, 3.63) is 29.3 Å². The van der Waals surface area contributed by atoms with Gasteiger partial charge < -0.3 is 20.3 Å². The minimum Gasteiger partial charge on any atom is -0.493 e. The number of rotatable bonds is 10. The van der Waals surface area contributed by atoms with Crippen LogP contribution in [0.5, 0.6) is 5.75 Å². The predicted molar refractivity (Wildman–Crippen MR) is 128 cm³/mol. The number of nitrogens with zero attached hydrogens (tertiary/aromatic N) is 2. The van der Waals surface area contributed by atoms with Crippen molar-refractivity contribution in [3.8, 4) is 5.75 Å². The van der Waals surface area contributed by atoms with Crippen molar-refractivity contribution in [2.75, 3.05) is 33.8 Å². The fourth-order valence-corrected chi connectivity index (χ4v) is 2.35. The van der Waals surface area contributed by atoms with Crippen LogP contribution in [0.2, 0.25) is 0 Å². The van der Waals surface area contributed by atoms with Crippen LogP contribution in [0.3, 0.4) is 0 Å². The number of carbonyl (C=O) groups excluding carboxylic acids is 1. The topological polar surface area (TPSA) is 66.0 Å². The smallest absolute Gasteiger partial charge is 0.223 e. The van der Waals surface area contributed by atoms with Crippen LogP contribution in [0, 0.1) is 12.8 Å². The zero-order chi connectivity index (χ0) is 20.2. The van der Waals surface area contributed by atoms with Crippen molar-refractivity contribution in [3.63, 3.8) is 0 Å². The fraction of sp³-hybridized carbons (Fsp3) is 0.619. The molecule has 6 nitrogen and oxygen atoms in total. The molecule has 1 aromatic carbocycles. The number of benzene rings is 1. The molecule has 28 heavy (non-hydrogen) atoms. The second kappa shape index (κ2) is 14.5. The summed E-state index contributed by atoms with van der Waals surface area (Å²) in [6.07, 6.45) is 1.46. The van der Waals surface area contributed by atoms with Crippen molar-refractivity contribution in [1.82, 2.24) is 15.5 Å². The summed E-state index contributed by atoms with van der Waals surface area (Å²) >= 11 is 0. The number of guanidine groups is 1. The summed E-state index contributed by atoms with van der Waals surface area (Å²) in [5.74, 6) is 2.32. The number of ether oxygens (including phenoxy) is 1. The van der Waals surface area contributed by atoms with Crippen molar-refractivity contribution >= 4 is 35.8 Å². The Bertz CT molecular complexity index is 618. The Labute approximate surface area is 187 Å². The Morgan fingerprint density at radius 2 is 1.96 bits per heavy atom. The van der Waals surface area contributed by atoms with E-state index in [1.807, 2.05) is 6.92 Å². The Morgan fingerprint density at radius 1 is 1.25 bits per heavy atom. The molecule has 1 aromatic rings. The lowest BCUT2D eigenvalue weighted by molar-refractivity contribution is -0.128. The number of aryl methyl sites for hydroxylation is 1. The third-order valence-electron chi connectivity index (χ3n) is 4.06. The highest BCUT2D eigenvalue weighted by Crippen LogP contribution is 2.22. The number of aliphatic imine (C=N–C) groups is 1. The number of hydrogen-bond donors (Lipinski definition) is 2. The number of halogens is 1. The van der Waals surface area contributed by atoms with E-state index in [0.717, 1.165) is 24.3 Å². The number of carbonyl (C=O) groups is 1. The van der Waals surface area contributed by atoms with Gasteiger partial charge in [-0.15, -0.1) is 24.0 Å². The van der Waals surface area contributed by atoms with Crippen LogP contribution in [0.25, 0.3) is 0 Å². The summed E-state index contributed by atoms with van der Waals surface area (Å²) in [7, 11) is 3.53. The highest BCUT2D eigenvalue weighted by Gasteiger charge is 2.07. The first-order valence-corrected chi connectivity index (χ1v) is 9.78. The van der Waals surface area contributed by atoms with Gasteiger partial charge in [0.25, 0.3) is 0 Å². The van der Waals surface area contributed by atoms with Crippen LogP contribution in [-0.4, -0.2) is 50.6 Å². The number of nitrogens with one attached hydrogen (secondary N) is 2. The second-order valence-electron chi connectivity index (χ2n) is 7.30. The molecular formula is C21H37IN4O2. The maximum atomic E-state index is 11.7. The molecule has 0 fully saturated rings. The molecule has 1 rings (SSSR count). The van der Waals surface area contributed by atoms with Gasteiger partial charge in [0.1, 0.15) is 5.75 Å². The molecule has 0 bridgehead atoms. The number of hydrogen-bond acceptors (Lipinski definition) is 3. The van der Waals surface area contributed by atoms with Crippen molar-refractivity contribution < 1.29 is 9.53 Å². The van der Waals surface area contributed by atoms with E-state index in [1.54, 1.807) is 19.0 Å². The predicted octanol–water partition coefficient (Wildman–Crippen LogP) is 3.57. The van der Waals surface area contributed by atoms with Crippen LogP contribution < -0.4 is 15.4 Å². The van der Waals surface area contributed by atoms with Gasteiger partial charge in [-0.2, -0.15) is 0 Å². The van der Waals surface area contributed by atoms with Gasteiger partial charge in [-0.25, -0.2) is 4.99 Å². The highest BCUT2D eigenvalue weighted by molar-refractivity contribution is 14.0. The third-order valence-corrected chi connectivity index (χ3v) is 4.06. The minimum atomic E-state index is 0. The molecule has 0 spiro atoms. The molecule has 0 saturated carbocycles. The molecule has 1 amide bonds. The van der Waals surface area contributed by atoms with E-state index >= 15 is 0 Å². The molecule has 0 atom stereocenters. The van der Waals surface area contributed by atoms with Gasteiger partial charge in [-0.05, 0) is 37.8 Å². The lowest BCUT2D eigenvalue weighted by Crippen LogP contribution is -2.39. The molecular weight excluding hydrogens is 467 g/mol. The van der Waals surface area contributed by atoms with Crippen LogP contribution in [0.15, 0.2) is 23.2 Å². The molecule has 7 heteroatoms. The zero-order valence-electron chi connectivity index (χ0n) is 18.2. The molecule has 0 aliphatic heterocycles. The van der Waals surface area contributed by atoms with Crippen molar-refractivity contribution in [2.45, 2.75) is 47.1 Å². The molecule has 0 heterocycles. The van der Waals surface area contributed by atoms with Gasteiger partial charge in [0.05, 0.1) is 13.2 Å². The van der Waals surface area contributed by atoms with Gasteiger partial charge in [-0.3, -0.25) is 4.79 Å².